The van der Waals surface area contributed by atoms with Gasteiger partial charge in [-0.05, 0) is 19.4 Å². The minimum Gasteiger partial charge on any atom is -0.328 e. The Labute approximate surface area is 97.7 Å². The first-order valence-corrected chi connectivity index (χ1v) is 5.73. The Kier molecular flexibility index (Phi) is 4.83. The molecular formula is C13H20N2O. The highest BCUT2D eigenvalue weighted by Crippen LogP contribution is 2.06. The van der Waals surface area contributed by atoms with Gasteiger partial charge in [0.15, 0.2) is 0 Å². The van der Waals surface area contributed by atoms with Crippen LogP contribution in [-0.4, -0.2) is 36.0 Å². The van der Waals surface area contributed by atoms with Crippen molar-refractivity contribution < 1.29 is 4.79 Å². The predicted molar refractivity (Wildman–Crippen MR) is 66.2 cm³/mol. The molecule has 3 heteroatoms. The van der Waals surface area contributed by atoms with Crippen LogP contribution in [0.1, 0.15) is 19.4 Å². The van der Waals surface area contributed by atoms with Gasteiger partial charge in [-0.3, -0.25) is 0 Å². The van der Waals surface area contributed by atoms with Gasteiger partial charge in [-0.25, -0.2) is 4.79 Å². The second-order valence-corrected chi connectivity index (χ2v) is 3.80. The zero-order valence-electron chi connectivity index (χ0n) is 10.3. The molecule has 0 aliphatic rings. The third kappa shape index (κ3) is 3.26. The molecule has 0 saturated heterocycles. The Morgan fingerprint density at radius 3 is 2.25 bits per heavy atom. The van der Waals surface area contributed by atoms with Gasteiger partial charge in [0.05, 0.1) is 0 Å². The van der Waals surface area contributed by atoms with Crippen LogP contribution in [-0.2, 0) is 6.54 Å². The molecule has 0 fully saturated rings. The van der Waals surface area contributed by atoms with E-state index in [0.29, 0.717) is 6.54 Å². The van der Waals surface area contributed by atoms with Crippen molar-refractivity contribution in [1.82, 2.24) is 9.80 Å². The van der Waals surface area contributed by atoms with Crippen molar-refractivity contribution in [2.45, 2.75) is 20.4 Å². The molecule has 0 heterocycles. The molecule has 1 rings (SSSR count). The molecule has 0 aromatic heterocycles. The van der Waals surface area contributed by atoms with Gasteiger partial charge in [0.1, 0.15) is 0 Å². The van der Waals surface area contributed by atoms with E-state index in [1.165, 1.54) is 5.56 Å². The van der Waals surface area contributed by atoms with E-state index in [-0.39, 0.29) is 6.03 Å². The van der Waals surface area contributed by atoms with Crippen molar-refractivity contribution in [3.63, 3.8) is 0 Å². The second kappa shape index (κ2) is 6.16. The predicted octanol–water partition coefficient (Wildman–Crippen LogP) is 2.58. The highest BCUT2D eigenvalue weighted by atomic mass is 16.2. The lowest BCUT2D eigenvalue weighted by molar-refractivity contribution is 0.164. The molecular weight excluding hydrogens is 200 g/mol. The van der Waals surface area contributed by atoms with Crippen LogP contribution in [0.5, 0.6) is 0 Å². The Hall–Kier alpha value is -1.51. The molecule has 3 nitrogen and oxygen atoms in total. The van der Waals surface area contributed by atoms with Crippen molar-refractivity contribution in [3.05, 3.63) is 35.9 Å². The normalized spacial score (nSPS) is 9.94. The summed E-state index contributed by atoms with van der Waals surface area (Å²) in [5.41, 5.74) is 1.17. The van der Waals surface area contributed by atoms with Gasteiger partial charge in [-0.2, -0.15) is 0 Å². The molecule has 0 spiro atoms. The quantitative estimate of drug-likeness (QED) is 0.765. The molecule has 0 N–H and O–H groups in total. The SMILES string of the molecule is CCN(C)C(=O)N(CC)Cc1ccccc1. The summed E-state index contributed by atoms with van der Waals surface area (Å²) in [6, 6.07) is 10.2. The number of rotatable bonds is 4. The second-order valence-electron chi connectivity index (χ2n) is 3.80. The zero-order chi connectivity index (χ0) is 12.0. The lowest BCUT2D eigenvalue weighted by Gasteiger charge is -2.26. The first-order valence-electron chi connectivity index (χ1n) is 5.73. The van der Waals surface area contributed by atoms with E-state index in [1.54, 1.807) is 4.90 Å². The van der Waals surface area contributed by atoms with Gasteiger partial charge >= 0.3 is 6.03 Å². The van der Waals surface area contributed by atoms with E-state index in [1.807, 2.05) is 56.1 Å². The molecule has 0 atom stereocenters. The van der Waals surface area contributed by atoms with Gasteiger partial charge in [0, 0.05) is 26.7 Å². The maximum absolute atomic E-state index is 12.0. The van der Waals surface area contributed by atoms with Crippen LogP contribution in [0, 0.1) is 0 Å². The van der Waals surface area contributed by atoms with Gasteiger partial charge < -0.3 is 9.80 Å². The number of benzene rings is 1. The van der Waals surface area contributed by atoms with E-state index in [0.717, 1.165) is 13.1 Å². The van der Waals surface area contributed by atoms with Crippen LogP contribution in [0.4, 0.5) is 4.79 Å². The molecule has 2 amide bonds. The number of urea groups is 1. The molecule has 88 valence electrons. The van der Waals surface area contributed by atoms with E-state index >= 15 is 0 Å². The molecule has 0 bridgehead atoms. The number of carbonyl (C=O) groups is 1. The van der Waals surface area contributed by atoms with Gasteiger partial charge in [-0.1, -0.05) is 30.3 Å². The smallest absolute Gasteiger partial charge is 0.320 e. The van der Waals surface area contributed by atoms with Crippen LogP contribution >= 0.6 is 0 Å². The fourth-order valence-corrected chi connectivity index (χ4v) is 1.50. The fourth-order valence-electron chi connectivity index (χ4n) is 1.50. The molecule has 1 aromatic rings. The number of hydrogen-bond acceptors (Lipinski definition) is 1. The van der Waals surface area contributed by atoms with E-state index in [2.05, 4.69) is 0 Å². The number of nitrogens with zero attached hydrogens (tertiary/aromatic N) is 2. The summed E-state index contributed by atoms with van der Waals surface area (Å²) in [5, 5.41) is 0. The van der Waals surface area contributed by atoms with Crippen LogP contribution in [0.15, 0.2) is 30.3 Å². The fraction of sp³-hybridized carbons (Fsp3) is 0.462. The molecule has 0 aliphatic carbocycles. The average molecular weight is 220 g/mol. The molecule has 0 unspecified atom stereocenters. The summed E-state index contributed by atoms with van der Waals surface area (Å²) >= 11 is 0. The molecule has 16 heavy (non-hydrogen) atoms. The summed E-state index contributed by atoms with van der Waals surface area (Å²) in [4.78, 5) is 15.5. The monoisotopic (exact) mass is 220 g/mol. The number of carbonyl (C=O) groups excluding carboxylic acids is 1. The zero-order valence-corrected chi connectivity index (χ0v) is 10.3. The van der Waals surface area contributed by atoms with Crippen LogP contribution < -0.4 is 0 Å². The van der Waals surface area contributed by atoms with Crippen molar-refractivity contribution in [2.75, 3.05) is 20.1 Å². The van der Waals surface area contributed by atoms with Crippen LogP contribution in [0.2, 0.25) is 0 Å². The van der Waals surface area contributed by atoms with Crippen molar-refractivity contribution in [3.8, 4) is 0 Å². The van der Waals surface area contributed by atoms with Gasteiger partial charge in [0.25, 0.3) is 0 Å². The van der Waals surface area contributed by atoms with E-state index in [4.69, 9.17) is 0 Å². The Balaban J connectivity index is 2.66. The first-order chi connectivity index (χ1) is 7.69. The summed E-state index contributed by atoms with van der Waals surface area (Å²) in [7, 11) is 1.83. The largest absolute Gasteiger partial charge is 0.328 e. The van der Waals surface area contributed by atoms with E-state index in [9.17, 15) is 4.79 Å². The van der Waals surface area contributed by atoms with Crippen LogP contribution in [0.25, 0.3) is 0 Å². The maximum atomic E-state index is 12.0. The Morgan fingerprint density at radius 1 is 1.12 bits per heavy atom. The minimum atomic E-state index is 0.0915. The molecule has 0 aliphatic heterocycles. The van der Waals surface area contributed by atoms with Crippen molar-refractivity contribution >= 4 is 6.03 Å². The lowest BCUT2D eigenvalue weighted by atomic mass is 10.2. The average Bonchev–Trinajstić information content (AvgIpc) is 2.35. The third-order valence-corrected chi connectivity index (χ3v) is 2.67. The minimum absolute atomic E-state index is 0.0915. The molecule has 0 radical (unpaired) electrons. The summed E-state index contributed by atoms with van der Waals surface area (Å²) in [5.74, 6) is 0. The standard InChI is InChI=1S/C13H20N2O/c1-4-14(3)13(16)15(5-2)11-12-9-7-6-8-10-12/h6-10H,4-5,11H2,1-3H3. The van der Waals surface area contributed by atoms with Crippen molar-refractivity contribution in [1.29, 1.82) is 0 Å². The topological polar surface area (TPSA) is 23.6 Å². The summed E-state index contributed by atoms with van der Waals surface area (Å²) in [6.07, 6.45) is 0. The van der Waals surface area contributed by atoms with Crippen molar-refractivity contribution in [2.24, 2.45) is 0 Å². The van der Waals surface area contributed by atoms with Crippen LogP contribution in [0.3, 0.4) is 0 Å². The first kappa shape index (κ1) is 12.6. The van der Waals surface area contributed by atoms with Gasteiger partial charge in [0.2, 0.25) is 0 Å². The number of amides is 2. The highest BCUT2D eigenvalue weighted by molar-refractivity contribution is 5.74. The Morgan fingerprint density at radius 2 is 1.75 bits per heavy atom. The third-order valence-electron chi connectivity index (χ3n) is 2.67. The molecule has 0 saturated carbocycles. The maximum Gasteiger partial charge on any atom is 0.320 e. The lowest BCUT2D eigenvalue weighted by Crippen LogP contribution is -2.40. The molecule has 1 aromatic carbocycles. The number of hydrogen-bond donors (Lipinski definition) is 0. The highest BCUT2D eigenvalue weighted by Gasteiger charge is 2.14. The van der Waals surface area contributed by atoms with E-state index < -0.39 is 0 Å². The summed E-state index contributed by atoms with van der Waals surface area (Å²) < 4.78 is 0. The van der Waals surface area contributed by atoms with Gasteiger partial charge in [-0.15, -0.1) is 0 Å². The Bertz CT molecular complexity index is 324. The summed E-state index contributed by atoms with van der Waals surface area (Å²) in [6.45, 7) is 6.14.